The lowest BCUT2D eigenvalue weighted by Gasteiger charge is -2.15. The minimum atomic E-state index is -5.92. The van der Waals surface area contributed by atoms with Crippen LogP contribution in [-0.4, -0.2) is 31.4 Å². The molecular formula is C3H4F4O4S. The zero-order valence-electron chi connectivity index (χ0n) is 5.38. The van der Waals surface area contributed by atoms with Crippen molar-refractivity contribution < 1.29 is 35.3 Å². The lowest BCUT2D eigenvalue weighted by atomic mass is 10.7. The van der Waals surface area contributed by atoms with Crippen molar-refractivity contribution in [3.8, 4) is 0 Å². The van der Waals surface area contributed by atoms with E-state index in [-0.39, 0.29) is 0 Å². The Bertz CT molecular complexity index is 237. The first-order valence-corrected chi connectivity index (χ1v) is 3.84. The predicted molar refractivity (Wildman–Crippen MR) is 28.5 cm³/mol. The fourth-order valence-electron chi connectivity index (χ4n) is 0.269. The lowest BCUT2D eigenvalue weighted by Crippen LogP contribution is -2.39. The van der Waals surface area contributed by atoms with Gasteiger partial charge in [0.1, 0.15) is 0 Å². The highest BCUT2D eigenvalue weighted by Crippen LogP contribution is 2.27. The summed E-state index contributed by atoms with van der Waals surface area (Å²) in [5.41, 5.74) is 0. The summed E-state index contributed by atoms with van der Waals surface area (Å²) in [6.07, 6.45) is -3.72. The van der Waals surface area contributed by atoms with Gasteiger partial charge in [0, 0.05) is 0 Å². The third-order valence-corrected chi connectivity index (χ3v) is 1.69. The molecule has 0 bridgehead atoms. The summed E-state index contributed by atoms with van der Waals surface area (Å²) < 4.78 is 77.2. The van der Waals surface area contributed by atoms with E-state index in [2.05, 4.69) is 4.74 Å². The Morgan fingerprint density at radius 3 is 2.17 bits per heavy atom. The summed E-state index contributed by atoms with van der Waals surface area (Å²) in [5, 5.41) is -5.15. The van der Waals surface area contributed by atoms with Crippen LogP contribution in [0.5, 0.6) is 0 Å². The van der Waals surface area contributed by atoms with E-state index in [1.165, 1.54) is 0 Å². The molecule has 0 saturated heterocycles. The molecule has 0 amide bonds. The second-order valence-electron chi connectivity index (χ2n) is 1.63. The first-order chi connectivity index (χ1) is 5.23. The van der Waals surface area contributed by atoms with E-state index in [1.54, 1.807) is 0 Å². The molecule has 0 aromatic heterocycles. The molecule has 4 nitrogen and oxygen atoms in total. The van der Waals surface area contributed by atoms with Gasteiger partial charge in [0.15, 0.2) is 6.86 Å². The molecule has 0 aliphatic heterocycles. The van der Waals surface area contributed by atoms with Crippen molar-refractivity contribution in [3.63, 3.8) is 0 Å². The SMILES string of the molecule is O=S(=O)(O)C(F)(F)C(F)OCF. The van der Waals surface area contributed by atoms with Crippen LogP contribution in [0.2, 0.25) is 0 Å². The second kappa shape index (κ2) is 3.54. The first kappa shape index (κ1) is 11.6. The normalized spacial score (nSPS) is 16.1. The van der Waals surface area contributed by atoms with Crippen molar-refractivity contribution in [2.75, 3.05) is 6.86 Å². The molecule has 0 aliphatic rings. The molecule has 0 aromatic carbocycles. The fourth-order valence-corrected chi connectivity index (χ4v) is 0.572. The van der Waals surface area contributed by atoms with Gasteiger partial charge in [-0.1, -0.05) is 0 Å². The Labute approximate surface area is 64.9 Å². The van der Waals surface area contributed by atoms with Crippen LogP contribution in [0.25, 0.3) is 0 Å². The maximum Gasteiger partial charge on any atom is 0.423 e. The van der Waals surface area contributed by atoms with Crippen molar-refractivity contribution in [2.24, 2.45) is 0 Å². The van der Waals surface area contributed by atoms with Gasteiger partial charge in [-0.25, -0.2) is 8.78 Å². The minimum Gasteiger partial charge on any atom is -0.311 e. The van der Waals surface area contributed by atoms with E-state index >= 15 is 0 Å². The summed E-state index contributed by atoms with van der Waals surface area (Å²) in [6.45, 7) is -1.92. The van der Waals surface area contributed by atoms with Gasteiger partial charge in [-0.15, -0.1) is 0 Å². The smallest absolute Gasteiger partial charge is 0.311 e. The Kier molecular flexibility index (Phi) is 3.42. The lowest BCUT2D eigenvalue weighted by molar-refractivity contribution is -0.172. The Balaban J connectivity index is 4.62. The number of rotatable bonds is 4. The van der Waals surface area contributed by atoms with E-state index in [0.717, 1.165) is 0 Å². The summed E-state index contributed by atoms with van der Waals surface area (Å²) in [5.74, 6) is 0. The van der Waals surface area contributed by atoms with Crippen LogP contribution >= 0.6 is 0 Å². The molecule has 0 rings (SSSR count). The molecule has 0 fully saturated rings. The molecule has 0 aromatic rings. The number of hydrogen-bond acceptors (Lipinski definition) is 3. The summed E-state index contributed by atoms with van der Waals surface area (Å²) in [7, 11) is -5.92. The molecule has 1 unspecified atom stereocenters. The monoisotopic (exact) mass is 212 g/mol. The van der Waals surface area contributed by atoms with Gasteiger partial charge < -0.3 is 4.74 Å². The quantitative estimate of drug-likeness (QED) is 0.550. The highest BCUT2D eigenvalue weighted by atomic mass is 32.2. The van der Waals surface area contributed by atoms with Crippen molar-refractivity contribution in [1.29, 1.82) is 0 Å². The van der Waals surface area contributed by atoms with E-state index in [0.29, 0.717) is 0 Å². The summed E-state index contributed by atoms with van der Waals surface area (Å²) >= 11 is 0. The second-order valence-corrected chi connectivity index (χ2v) is 3.12. The summed E-state index contributed by atoms with van der Waals surface area (Å²) in [4.78, 5) is 0. The van der Waals surface area contributed by atoms with Gasteiger partial charge in [-0.3, -0.25) is 4.55 Å². The number of halogens is 4. The van der Waals surface area contributed by atoms with Crippen LogP contribution in [0.15, 0.2) is 0 Å². The average Bonchev–Trinajstić information content (AvgIpc) is 1.85. The maximum atomic E-state index is 12.0. The standard InChI is InChI=1S/C3H4F4O4S/c4-1-11-2(5)3(6,7)12(8,9)10/h2H,1H2,(H,8,9,10). The molecule has 74 valence electrons. The van der Waals surface area contributed by atoms with Gasteiger partial charge in [0.25, 0.3) is 6.36 Å². The van der Waals surface area contributed by atoms with E-state index in [9.17, 15) is 26.0 Å². The van der Waals surface area contributed by atoms with Crippen molar-refractivity contribution in [1.82, 2.24) is 0 Å². The third-order valence-electron chi connectivity index (χ3n) is 0.817. The van der Waals surface area contributed by atoms with Crippen LogP contribution in [0.1, 0.15) is 0 Å². The maximum absolute atomic E-state index is 12.0. The van der Waals surface area contributed by atoms with Crippen LogP contribution in [0.4, 0.5) is 17.6 Å². The minimum absolute atomic E-state index is 1.92. The highest BCUT2D eigenvalue weighted by Gasteiger charge is 2.53. The molecule has 9 heteroatoms. The van der Waals surface area contributed by atoms with Crippen LogP contribution in [0, 0.1) is 0 Å². The molecule has 1 N–H and O–H groups in total. The van der Waals surface area contributed by atoms with Gasteiger partial charge in [-0.05, 0) is 0 Å². The molecule has 0 radical (unpaired) electrons. The molecule has 1 atom stereocenters. The van der Waals surface area contributed by atoms with Gasteiger partial charge >= 0.3 is 15.4 Å². The summed E-state index contributed by atoms with van der Waals surface area (Å²) in [6, 6.07) is 0. The van der Waals surface area contributed by atoms with Crippen LogP contribution < -0.4 is 0 Å². The predicted octanol–water partition coefficient (Wildman–Crippen LogP) is 0.706. The molecule has 0 heterocycles. The average molecular weight is 212 g/mol. The zero-order valence-corrected chi connectivity index (χ0v) is 6.19. The van der Waals surface area contributed by atoms with Crippen LogP contribution in [0.3, 0.4) is 0 Å². The first-order valence-electron chi connectivity index (χ1n) is 2.40. The Hall–Kier alpha value is -0.410. The van der Waals surface area contributed by atoms with E-state index in [1.807, 2.05) is 0 Å². The Morgan fingerprint density at radius 1 is 1.50 bits per heavy atom. The topological polar surface area (TPSA) is 63.6 Å². The Morgan fingerprint density at radius 2 is 1.92 bits per heavy atom. The molecule has 0 aliphatic carbocycles. The number of ether oxygens (including phenoxy) is 1. The van der Waals surface area contributed by atoms with Gasteiger partial charge in [-0.2, -0.15) is 17.2 Å². The van der Waals surface area contributed by atoms with Gasteiger partial charge in [0.05, 0.1) is 0 Å². The molecular weight excluding hydrogens is 208 g/mol. The van der Waals surface area contributed by atoms with Crippen molar-refractivity contribution >= 4 is 10.1 Å². The third kappa shape index (κ3) is 2.29. The molecule has 0 spiro atoms. The molecule has 12 heavy (non-hydrogen) atoms. The molecule has 0 saturated carbocycles. The fraction of sp³-hybridized carbons (Fsp3) is 1.00. The van der Waals surface area contributed by atoms with E-state index < -0.39 is 28.6 Å². The van der Waals surface area contributed by atoms with Crippen molar-refractivity contribution in [2.45, 2.75) is 11.6 Å². The van der Waals surface area contributed by atoms with Crippen molar-refractivity contribution in [3.05, 3.63) is 0 Å². The van der Waals surface area contributed by atoms with Crippen LogP contribution in [-0.2, 0) is 14.9 Å². The number of alkyl halides is 4. The van der Waals surface area contributed by atoms with Gasteiger partial charge in [0.2, 0.25) is 0 Å². The highest BCUT2D eigenvalue weighted by molar-refractivity contribution is 7.86. The largest absolute Gasteiger partial charge is 0.423 e. The number of hydrogen-bond donors (Lipinski definition) is 1. The zero-order chi connectivity index (χ0) is 9.99. The van der Waals surface area contributed by atoms with E-state index in [4.69, 9.17) is 4.55 Å².